The molecule has 1 saturated carbocycles. The Labute approximate surface area is 61.2 Å². The first-order valence-electron chi connectivity index (χ1n) is 3.96. The highest BCUT2D eigenvalue weighted by atomic mass is 16.3. The van der Waals surface area contributed by atoms with E-state index in [1.165, 1.54) is 6.42 Å². The van der Waals surface area contributed by atoms with E-state index in [0.29, 0.717) is 6.42 Å². The normalized spacial score (nSPS) is 33.7. The zero-order chi connectivity index (χ0) is 7.40. The Morgan fingerprint density at radius 1 is 1.40 bits per heavy atom. The van der Waals surface area contributed by atoms with Crippen LogP contribution in [0.5, 0.6) is 0 Å². The van der Waals surface area contributed by atoms with E-state index < -0.39 is 0 Å². The van der Waals surface area contributed by atoms with E-state index in [1.807, 2.05) is 0 Å². The van der Waals surface area contributed by atoms with Crippen LogP contribution in [-0.2, 0) is 4.79 Å². The zero-order valence-electron chi connectivity index (χ0n) is 6.12. The quantitative estimate of drug-likeness (QED) is 0.587. The average Bonchev–Trinajstić information content (AvgIpc) is 1.94. The molecule has 1 aliphatic carbocycles. The van der Waals surface area contributed by atoms with Crippen molar-refractivity contribution in [2.75, 3.05) is 0 Å². The number of aliphatic hydroxyl groups is 1. The topological polar surface area (TPSA) is 37.3 Å². The number of aliphatic hydroxyl groups excluding tert-OH is 1. The second kappa shape index (κ2) is 3.71. The van der Waals surface area contributed by atoms with E-state index in [2.05, 4.69) is 0 Å². The maximum atomic E-state index is 10.1. The number of rotatable bonds is 2. The molecular weight excluding hydrogens is 128 g/mol. The van der Waals surface area contributed by atoms with E-state index in [4.69, 9.17) is 0 Å². The second-order valence-corrected chi connectivity index (χ2v) is 3.01. The summed E-state index contributed by atoms with van der Waals surface area (Å²) in [6.07, 6.45) is 5.46. The third-order valence-electron chi connectivity index (χ3n) is 2.27. The molecule has 10 heavy (non-hydrogen) atoms. The van der Waals surface area contributed by atoms with Crippen LogP contribution in [0.1, 0.15) is 32.1 Å². The molecular formula is C8H14O2. The minimum Gasteiger partial charge on any atom is -0.393 e. The highest BCUT2D eigenvalue weighted by Gasteiger charge is 2.21. The van der Waals surface area contributed by atoms with Crippen molar-refractivity contribution in [3.63, 3.8) is 0 Å². The lowest BCUT2D eigenvalue weighted by atomic mass is 9.85. The molecule has 2 nitrogen and oxygen atoms in total. The lowest BCUT2D eigenvalue weighted by molar-refractivity contribution is -0.109. The van der Waals surface area contributed by atoms with Crippen molar-refractivity contribution in [2.45, 2.75) is 38.2 Å². The van der Waals surface area contributed by atoms with E-state index >= 15 is 0 Å². The highest BCUT2D eigenvalue weighted by Crippen LogP contribution is 2.25. The Balaban J connectivity index is 2.32. The van der Waals surface area contributed by atoms with E-state index in [1.54, 1.807) is 0 Å². The Hall–Kier alpha value is -0.370. The summed E-state index contributed by atoms with van der Waals surface area (Å²) in [4.78, 5) is 10.1. The third kappa shape index (κ3) is 1.81. The first-order valence-corrected chi connectivity index (χ1v) is 3.96. The molecule has 1 rings (SSSR count). The van der Waals surface area contributed by atoms with Crippen LogP contribution in [-0.4, -0.2) is 17.5 Å². The number of hydrogen-bond donors (Lipinski definition) is 1. The Bertz CT molecular complexity index is 112. The summed E-state index contributed by atoms with van der Waals surface area (Å²) in [5, 5.41) is 9.34. The van der Waals surface area contributed by atoms with Gasteiger partial charge in [-0.05, 0) is 18.8 Å². The van der Waals surface area contributed by atoms with E-state index in [0.717, 1.165) is 25.5 Å². The van der Waals surface area contributed by atoms with Crippen LogP contribution in [0.3, 0.4) is 0 Å². The number of hydrogen-bond acceptors (Lipinski definition) is 2. The molecule has 1 fully saturated rings. The van der Waals surface area contributed by atoms with Crippen molar-refractivity contribution in [1.29, 1.82) is 0 Å². The zero-order valence-corrected chi connectivity index (χ0v) is 6.12. The van der Waals surface area contributed by atoms with Crippen LogP contribution in [0.25, 0.3) is 0 Å². The molecule has 0 unspecified atom stereocenters. The summed E-state index contributed by atoms with van der Waals surface area (Å²) in [5.74, 6) is 0.256. The molecule has 0 aromatic heterocycles. The predicted molar refractivity (Wildman–Crippen MR) is 38.6 cm³/mol. The summed E-state index contributed by atoms with van der Waals surface area (Å²) in [6.45, 7) is 0. The van der Waals surface area contributed by atoms with Crippen molar-refractivity contribution >= 4 is 6.29 Å². The lowest BCUT2D eigenvalue weighted by Gasteiger charge is -2.25. The third-order valence-corrected chi connectivity index (χ3v) is 2.27. The molecule has 0 aliphatic heterocycles. The van der Waals surface area contributed by atoms with Crippen molar-refractivity contribution < 1.29 is 9.90 Å². The number of carbonyl (C=O) groups is 1. The molecule has 0 aromatic rings. The standard InChI is InChI=1S/C8H14O2/c9-6-5-7-3-1-2-4-8(7)10/h6-8,10H,1-5H2/t7-,8-/m1/s1. The monoisotopic (exact) mass is 142 g/mol. The number of aldehydes is 1. The van der Waals surface area contributed by atoms with E-state index in [-0.39, 0.29) is 12.0 Å². The maximum absolute atomic E-state index is 10.1. The minimum atomic E-state index is -0.209. The SMILES string of the molecule is O=CC[C@H]1CCCC[C@H]1O. The van der Waals surface area contributed by atoms with Gasteiger partial charge in [0.15, 0.2) is 0 Å². The molecule has 0 radical (unpaired) electrons. The van der Waals surface area contributed by atoms with Crippen LogP contribution >= 0.6 is 0 Å². The number of carbonyl (C=O) groups excluding carboxylic acids is 1. The summed E-state index contributed by atoms with van der Waals surface area (Å²) in [7, 11) is 0. The van der Waals surface area contributed by atoms with Gasteiger partial charge in [-0.2, -0.15) is 0 Å². The fourth-order valence-electron chi connectivity index (χ4n) is 1.59. The highest BCUT2D eigenvalue weighted by molar-refractivity contribution is 5.49. The van der Waals surface area contributed by atoms with Crippen LogP contribution < -0.4 is 0 Å². The van der Waals surface area contributed by atoms with Gasteiger partial charge in [0.25, 0.3) is 0 Å². The first-order chi connectivity index (χ1) is 4.84. The lowest BCUT2D eigenvalue weighted by Crippen LogP contribution is -2.24. The fourth-order valence-corrected chi connectivity index (χ4v) is 1.59. The van der Waals surface area contributed by atoms with Crippen molar-refractivity contribution in [3.05, 3.63) is 0 Å². The van der Waals surface area contributed by atoms with E-state index in [9.17, 15) is 9.90 Å². The maximum Gasteiger partial charge on any atom is 0.120 e. The minimum absolute atomic E-state index is 0.209. The Kier molecular flexibility index (Phi) is 2.87. The van der Waals surface area contributed by atoms with Gasteiger partial charge in [0.1, 0.15) is 6.29 Å². The fraction of sp³-hybridized carbons (Fsp3) is 0.875. The van der Waals surface area contributed by atoms with Crippen molar-refractivity contribution in [1.82, 2.24) is 0 Å². The predicted octanol–water partition coefficient (Wildman–Crippen LogP) is 1.13. The van der Waals surface area contributed by atoms with Crippen LogP contribution in [0, 0.1) is 5.92 Å². The van der Waals surface area contributed by atoms with Crippen LogP contribution in [0.2, 0.25) is 0 Å². The molecule has 0 bridgehead atoms. The molecule has 58 valence electrons. The molecule has 1 aliphatic rings. The smallest absolute Gasteiger partial charge is 0.120 e. The van der Waals surface area contributed by atoms with Gasteiger partial charge in [-0.1, -0.05) is 12.8 Å². The molecule has 0 heterocycles. The first kappa shape index (κ1) is 7.73. The van der Waals surface area contributed by atoms with Gasteiger partial charge in [0.2, 0.25) is 0 Å². The van der Waals surface area contributed by atoms with Crippen LogP contribution in [0.15, 0.2) is 0 Å². The summed E-state index contributed by atoms with van der Waals surface area (Å²) in [6, 6.07) is 0. The van der Waals surface area contributed by atoms with Crippen molar-refractivity contribution in [2.24, 2.45) is 5.92 Å². The molecule has 1 N–H and O–H groups in total. The Morgan fingerprint density at radius 3 is 2.70 bits per heavy atom. The molecule has 0 spiro atoms. The van der Waals surface area contributed by atoms with Gasteiger partial charge in [0, 0.05) is 6.42 Å². The van der Waals surface area contributed by atoms with Crippen LogP contribution in [0.4, 0.5) is 0 Å². The Morgan fingerprint density at radius 2 is 2.10 bits per heavy atom. The second-order valence-electron chi connectivity index (χ2n) is 3.01. The molecule has 2 atom stereocenters. The summed E-state index contributed by atoms with van der Waals surface area (Å²) >= 11 is 0. The summed E-state index contributed by atoms with van der Waals surface area (Å²) in [5.41, 5.74) is 0. The van der Waals surface area contributed by atoms with Gasteiger partial charge in [-0.25, -0.2) is 0 Å². The molecule has 0 amide bonds. The van der Waals surface area contributed by atoms with Gasteiger partial charge < -0.3 is 9.90 Å². The van der Waals surface area contributed by atoms with Gasteiger partial charge >= 0.3 is 0 Å². The van der Waals surface area contributed by atoms with Gasteiger partial charge in [-0.3, -0.25) is 0 Å². The molecule has 0 saturated heterocycles. The van der Waals surface area contributed by atoms with Gasteiger partial charge in [-0.15, -0.1) is 0 Å². The molecule has 2 heteroatoms. The molecule has 0 aromatic carbocycles. The van der Waals surface area contributed by atoms with Gasteiger partial charge in [0.05, 0.1) is 6.10 Å². The van der Waals surface area contributed by atoms with Crippen molar-refractivity contribution in [3.8, 4) is 0 Å². The average molecular weight is 142 g/mol. The largest absolute Gasteiger partial charge is 0.393 e. The summed E-state index contributed by atoms with van der Waals surface area (Å²) < 4.78 is 0.